The number of azo groups is 1. The maximum atomic E-state index is 12.6. The van der Waals surface area contributed by atoms with E-state index in [4.69, 9.17) is 5.90 Å². The van der Waals surface area contributed by atoms with Gasteiger partial charge in [-0.05, 0) is 50.0 Å². The van der Waals surface area contributed by atoms with Gasteiger partial charge < -0.3 is 4.84 Å². The SMILES string of the molecule is CCN1C(=O)C([NH+]=Nc2cc(C)ccc2C)=C(C)C(CON)C1=O. The van der Waals surface area contributed by atoms with Crippen LogP contribution in [-0.4, -0.2) is 29.9 Å². The van der Waals surface area contributed by atoms with Crippen LogP contribution < -0.4 is 11.0 Å². The minimum atomic E-state index is -0.594. The Morgan fingerprint density at radius 1 is 1.29 bits per heavy atom. The summed E-state index contributed by atoms with van der Waals surface area (Å²) in [7, 11) is 0. The van der Waals surface area contributed by atoms with Crippen molar-refractivity contribution in [3.05, 3.63) is 40.6 Å². The third-order valence-corrected chi connectivity index (χ3v) is 4.17. The van der Waals surface area contributed by atoms with Crippen LogP contribution in [0.2, 0.25) is 0 Å². The molecule has 0 saturated heterocycles. The van der Waals surface area contributed by atoms with E-state index < -0.39 is 5.92 Å². The number of likely N-dealkylation sites (N-methyl/N-ethyl adjacent to an activating group) is 1. The second kappa shape index (κ2) is 7.46. The molecule has 1 aromatic rings. The predicted molar refractivity (Wildman–Crippen MR) is 87.7 cm³/mol. The maximum absolute atomic E-state index is 12.6. The number of amides is 2. The van der Waals surface area contributed by atoms with Crippen molar-refractivity contribution >= 4 is 17.5 Å². The smallest absolute Gasteiger partial charge is 0.303 e. The highest BCUT2D eigenvalue weighted by Crippen LogP contribution is 2.23. The number of nitrogens with zero attached hydrogens (tertiary/aromatic N) is 2. The summed E-state index contributed by atoms with van der Waals surface area (Å²) in [5.41, 5.74) is 3.67. The summed E-state index contributed by atoms with van der Waals surface area (Å²) in [6.45, 7) is 7.67. The summed E-state index contributed by atoms with van der Waals surface area (Å²) in [4.78, 5) is 30.7. The molecule has 128 valence electrons. The van der Waals surface area contributed by atoms with Gasteiger partial charge in [-0.1, -0.05) is 17.2 Å². The lowest BCUT2D eigenvalue weighted by Crippen LogP contribution is -2.70. The van der Waals surface area contributed by atoms with Crippen LogP contribution >= 0.6 is 0 Å². The third kappa shape index (κ3) is 3.42. The Labute approximate surface area is 141 Å². The van der Waals surface area contributed by atoms with Crippen LogP contribution in [0.25, 0.3) is 0 Å². The summed E-state index contributed by atoms with van der Waals surface area (Å²) >= 11 is 0. The molecule has 0 spiro atoms. The summed E-state index contributed by atoms with van der Waals surface area (Å²) in [6, 6.07) is 5.89. The van der Waals surface area contributed by atoms with Crippen molar-refractivity contribution in [3.8, 4) is 0 Å². The molecule has 0 aliphatic carbocycles. The number of carbonyl (C=O) groups excluding carboxylic acids is 2. The third-order valence-electron chi connectivity index (χ3n) is 4.17. The molecule has 7 heteroatoms. The largest absolute Gasteiger partial charge is 0.327 e. The standard InChI is InChI=1S/C17H22N4O3/c1-5-21-16(22)13(9-24-18)12(4)15(17(21)23)20-19-14-8-10(2)6-7-11(14)3/h6-8,13H,5,9,18H2,1-4H3/p+1. The lowest BCUT2D eigenvalue weighted by atomic mass is 9.93. The Bertz CT molecular complexity index is 725. The fourth-order valence-corrected chi connectivity index (χ4v) is 2.64. The summed E-state index contributed by atoms with van der Waals surface area (Å²) in [6.07, 6.45) is 0. The number of carbonyl (C=O) groups is 2. The van der Waals surface area contributed by atoms with Gasteiger partial charge in [0, 0.05) is 12.1 Å². The first-order valence-corrected chi connectivity index (χ1v) is 7.82. The van der Waals surface area contributed by atoms with Gasteiger partial charge in [0.15, 0.2) is 0 Å². The van der Waals surface area contributed by atoms with Crippen molar-refractivity contribution in [3.63, 3.8) is 0 Å². The van der Waals surface area contributed by atoms with E-state index in [-0.39, 0.29) is 25.0 Å². The number of nitrogens with two attached hydrogens (primary N) is 1. The first-order chi connectivity index (χ1) is 11.4. The van der Waals surface area contributed by atoms with Crippen LogP contribution in [0, 0.1) is 19.8 Å². The Balaban J connectivity index is 2.44. The molecule has 3 N–H and O–H groups in total. The highest BCUT2D eigenvalue weighted by Gasteiger charge is 2.42. The molecule has 0 bridgehead atoms. The number of nitrogens with one attached hydrogen (secondary N) is 1. The molecule has 0 saturated carbocycles. The maximum Gasteiger partial charge on any atom is 0.327 e. The van der Waals surface area contributed by atoms with Crippen LogP contribution in [-0.2, 0) is 14.4 Å². The molecule has 1 heterocycles. The number of benzene rings is 1. The lowest BCUT2D eigenvalue weighted by molar-refractivity contribution is -0.469. The normalized spacial score (nSPS) is 18.9. The first-order valence-electron chi connectivity index (χ1n) is 7.82. The van der Waals surface area contributed by atoms with Crippen LogP contribution in [0.4, 0.5) is 5.69 Å². The average Bonchev–Trinajstić information content (AvgIpc) is 2.55. The van der Waals surface area contributed by atoms with Gasteiger partial charge in [-0.2, -0.15) is 0 Å². The van der Waals surface area contributed by atoms with E-state index in [2.05, 4.69) is 15.1 Å². The molecule has 24 heavy (non-hydrogen) atoms. The minimum absolute atomic E-state index is 0.0170. The average molecular weight is 331 g/mol. The molecule has 1 aliphatic rings. The van der Waals surface area contributed by atoms with E-state index >= 15 is 0 Å². The van der Waals surface area contributed by atoms with Crippen molar-refractivity contribution in [1.82, 2.24) is 4.90 Å². The molecule has 2 amide bonds. The van der Waals surface area contributed by atoms with E-state index in [0.717, 1.165) is 16.8 Å². The van der Waals surface area contributed by atoms with Gasteiger partial charge in [0.05, 0.1) is 12.5 Å². The van der Waals surface area contributed by atoms with E-state index in [1.54, 1.807) is 13.8 Å². The second-order valence-electron chi connectivity index (χ2n) is 5.85. The quantitative estimate of drug-likeness (QED) is 0.470. The molecule has 1 unspecified atom stereocenters. The van der Waals surface area contributed by atoms with Gasteiger partial charge in [-0.15, -0.1) is 0 Å². The van der Waals surface area contributed by atoms with Gasteiger partial charge in [0.2, 0.25) is 5.91 Å². The van der Waals surface area contributed by atoms with Crippen molar-refractivity contribution in [2.75, 3.05) is 13.2 Å². The van der Waals surface area contributed by atoms with Crippen LogP contribution in [0.15, 0.2) is 34.6 Å². The van der Waals surface area contributed by atoms with Gasteiger partial charge >= 0.3 is 5.91 Å². The highest BCUT2D eigenvalue weighted by atomic mass is 16.6. The Kier molecular flexibility index (Phi) is 5.58. The Morgan fingerprint density at radius 2 is 2.00 bits per heavy atom. The molecule has 1 aromatic carbocycles. The topological polar surface area (TPSA) is 99.0 Å². The van der Waals surface area contributed by atoms with Crippen LogP contribution in [0.3, 0.4) is 0 Å². The molecule has 1 aliphatic heterocycles. The van der Waals surface area contributed by atoms with Crippen LogP contribution in [0.1, 0.15) is 25.0 Å². The zero-order chi connectivity index (χ0) is 17.9. The number of hydrogen-bond donors (Lipinski definition) is 2. The van der Waals surface area contributed by atoms with E-state index in [0.29, 0.717) is 11.3 Å². The predicted octanol–water partition coefficient (Wildman–Crippen LogP) is 0.637. The Hall–Kier alpha value is -2.38. The monoisotopic (exact) mass is 331 g/mol. The number of imide groups is 1. The molecule has 0 fully saturated rings. The number of hydrogen-bond acceptors (Lipinski definition) is 5. The first kappa shape index (κ1) is 18.0. The fourth-order valence-electron chi connectivity index (χ4n) is 2.64. The van der Waals surface area contributed by atoms with E-state index in [1.165, 1.54) is 4.90 Å². The number of rotatable bonds is 5. The molecule has 2 rings (SSSR count). The van der Waals surface area contributed by atoms with Crippen molar-refractivity contribution in [2.24, 2.45) is 16.9 Å². The van der Waals surface area contributed by atoms with Crippen molar-refractivity contribution in [1.29, 1.82) is 0 Å². The number of aryl methyl sites for hydroxylation is 2. The molecule has 7 nitrogen and oxygen atoms in total. The van der Waals surface area contributed by atoms with Crippen molar-refractivity contribution < 1.29 is 19.5 Å². The molecule has 1 atom stereocenters. The lowest BCUT2D eigenvalue weighted by Gasteiger charge is -2.27. The van der Waals surface area contributed by atoms with Crippen molar-refractivity contribution in [2.45, 2.75) is 27.7 Å². The van der Waals surface area contributed by atoms with Gasteiger partial charge in [0.25, 0.3) is 5.70 Å². The molecule has 0 aromatic heterocycles. The zero-order valence-corrected chi connectivity index (χ0v) is 14.4. The molecular formula is C17H23N4O3+. The van der Waals surface area contributed by atoms with Gasteiger partial charge in [-0.25, -0.2) is 5.90 Å². The fraction of sp³-hybridized carbons (Fsp3) is 0.412. The van der Waals surface area contributed by atoms with Gasteiger partial charge in [-0.3, -0.25) is 14.5 Å². The molecule has 0 radical (unpaired) electrons. The minimum Gasteiger partial charge on any atom is -0.303 e. The van der Waals surface area contributed by atoms with Crippen LogP contribution in [0.5, 0.6) is 0 Å². The zero-order valence-electron chi connectivity index (χ0n) is 14.4. The molecular weight excluding hydrogens is 308 g/mol. The second-order valence-corrected chi connectivity index (χ2v) is 5.85. The summed E-state index contributed by atoms with van der Waals surface area (Å²) < 4.78 is 0. The summed E-state index contributed by atoms with van der Waals surface area (Å²) in [5.74, 6) is 3.85. The van der Waals surface area contributed by atoms with E-state index in [1.807, 2.05) is 32.0 Å². The summed E-state index contributed by atoms with van der Waals surface area (Å²) in [5, 5.41) is 7.18. The van der Waals surface area contributed by atoms with Gasteiger partial charge in [0.1, 0.15) is 5.69 Å². The highest BCUT2D eigenvalue weighted by molar-refractivity contribution is 6.07. The van der Waals surface area contributed by atoms with E-state index in [9.17, 15) is 9.59 Å². The Morgan fingerprint density at radius 3 is 2.62 bits per heavy atom.